The molecule has 0 saturated carbocycles. The molecule has 2 amide bonds. The van der Waals surface area contributed by atoms with Crippen LogP contribution in [-0.2, 0) is 9.59 Å². The first-order valence-electron chi connectivity index (χ1n) is 12.2. The van der Waals surface area contributed by atoms with Crippen LogP contribution in [0.5, 0.6) is 0 Å². The Hall–Kier alpha value is -3.95. The number of unbranched alkanes of at least 4 members (excludes halogenated alkanes) is 3. The molecule has 0 unspecified atom stereocenters. The second-order valence-electron chi connectivity index (χ2n) is 8.50. The number of nitrogens with one attached hydrogen (secondary N) is 3. The van der Waals surface area contributed by atoms with Gasteiger partial charge in [-0.05, 0) is 67.5 Å². The molecule has 0 atom stereocenters. The minimum absolute atomic E-state index is 0.0329. The fraction of sp³-hybridized carbons (Fsp3) is 0.214. The van der Waals surface area contributed by atoms with Crippen LogP contribution in [0.25, 0.3) is 23.1 Å². The van der Waals surface area contributed by atoms with Gasteiger partial charge in [0.25, 0.3) is 0 Å². The number of amides is 2. The van der Waals surface area contributed by atoms with E-state index in [4.69, 9.17) is 5.21 Å². The maximum absolute atomic E-state index is 12.5. The van der Waals surface area contributed by atoms with Gasteiger partial charge in [-0.25, -0.2) is 5.48 Å². The molecule has 2 heterocycles. The van der Waals surface area contributed by atoms with E-state index >= 15 is 0 Å². The number of benzene rings is 2. The number of fused-ring (bicyclic) bond motifs is 1. The van der Waals surface area contributed by atoms with E-state index in [2.05, 4.69) is 32.6 Å². The van der Waals surface area contributed by atoms with E-state index in [-0.39, 0.29) is 11.8 Å². The zero-order valence-corrected chi connectivity index (χ0v) is 21.1. The monoisotopic (exact) mass is 515 g/mol. The summed E-state index contributed by atoms with van der Waals surface area (Å²) in [6.45, 7) is 0. The molecule has 0 spiro atoms. The Balaban J connectivity index is 1.34. The number of hydrogen-bond donors (Lipinski definition) is 4. The van der Waals surface area contributed by atoms with Crippen LogP contribution >= 0.6 is 11.8 Å². The Bertz CT molecular complexity index is 1370. The molecule has 0 aliphatic carbocycles. The highest BCUT2D eigenvalue weighted by molar-refractivity contribution is 7.99. The predicted octanol–water partition coefficient (Wildman–Crippen LogP) is 6.06. The summed E-state index contributed by atoms with van der Waals surface area (Å²) in [5.74, 6) is -0.411. The minimum Gasteiger partial charge on any atom is -0.325 e. The molecule has 0 radical (unpaired) electrons. The maximum atomic E-state index is 12.5. The topological polar surface area (TPSA) is 120 Å². The Kier molecular flexibility index (Phi) is 9.45. The molecule has 0 fully saturated rings. The largest absolute Gasteiger partial charge is 0.325 e. The van der Waals surface area contributed by atoms with Gasteiger partial charge in [-0.2, -0.15) is 5.10 Å². The summed E-state index contributed by atoms with van der Waals surface area (Å²) >= 11 is 1.58. The molecule has 190 valence electrons. The van der Waals surface area contributed by atoms with Gasteiger partial charge in [-0.1, -0.05) is 42.8 Å². The van der Waals surface area contributed by atoms with Gasteiger partial charge in [0.05, 0.1) is 22.6 Å². The zero-order valence-electron chi connectivity index (χ0n) is 20.3. The highest BCUT2D eigenvalue weighted by atomic mass is 32.2. The smallest absolute Gasteiger partial charge is 0.243 e. The Labute approximate surface area is 219 Å². The van der Waals surface area contributed by atoms with E-state index in [1.807, 2.05) is 60.7 Å². The fourth-order valence-electron chi connectivity index (χ4n) is 3.83. The molecule has 2 aromatic carbocycles. The first kappa shape index (κ1) is 26.1. The molecule has 0 saturated heterocycles. The van der Waals surface area contributed by atoms with Crippen molar-refractivity contribution in [2.45, 2.75) is 48.3 Å². The van der Waals surface area contributed by atoms with E-state index in [0.717, 1.165) is 57.0 Å². The normalized spacial score (nSPS) is 11.2. The highest BCUT2D eigenvalue weighted by Gasteiger charge is 2.10. The second kappa shape index (κ2) is 13.4. The van der Waals surface area contributed by atoms with Crippen molar-refractivity contribution >= 4 is 52.3 Å². The number of hydroxylamine groups is 1. The lowest BCUT2D eigenvalue weighted by molar-refractivity contribution is -0.129. The van der Waals surface area contributed by atoms with Gasteiger partial charge in [0.1, 0.15) is 0 Å². The Morgan fingerprint density at radius 1 is 0.919 bits per heavy atom. The second-order valence-corrected chi connectivity index (χ2v) is 9.62. The van der Waals surface area contributed by atoms with Crippen LogP contribution in [0.15, 0.2) is 76.7 Å². The lowest BCUT2D eigenvalue weighted by Crippen LogP contribution is -2.17. The quantitative estimate of drug-likeness (QED) is 0.103. The van der Waals surface area contributed by atoms with Gasteiger partial charge >= 0.3 is 0 Å². The van der Waals surface area contributed by atoms with Crippen LogP contribution in [0, 0.1) is 0 Å². The molecule has 4 rings (SSSR count). The van der Waals surface area contributed by atoms with Crippen LogP contribution in [0.4, 0.5) is 5.69 Å². The standard InChI is InChI=1S/C28H29N5O3S/c34-27(12-3-1-2-4-13-28(35)33-36)30-24-10-5-6-11-26(24)37-21-15-16-22-23(31-32-25(22)19-21)17-14-20-9-7-8-18-29-20/h5-11,14-19,36H,1-4,12-13H2,(H,30,34)(H,31,32)(H,33,35)/b17-14+. The van der Waals surface area contributed by atoms with E-state index in [1.54, 1.807) is 23.4 Å². The molecule has 4 N–H and O–H groups in total. The third-order valence-electron chi connectivity index (χ3n) is 5.73. The van der Waals surface area contributed by atoms with Crippen LogP contribution in [0.1, 0.15) is 49.9 Å². The lowest BCUT2D eigenvalue weighted by atomic mass is 10.1. The summed E-state index contributed by atoms with van der Waals surface area (Å²) in [5, 5.41) is 20.1. The highest BCUT2D eigenvalue weighted by Crippen LogP contribution is 2.35. The third kappa shape index (κ3) is 7.77. The van der Waals surface area contributed by atoms with Crippen molar-refractivity contribution in [1.82, 2.24) is 20.7 Å². The number of para-hydroxylation sites is 1. The van der Waals surface area contributed by atoms with Crippen molar-refractivity contribution in [3.8, 4) is 0 Å². The van der Waals surface area contributed by atoms with Gasteiger partial charge < -0.3 is 5.32 Å². The molecular weight excluding hydrogens is 486 g/mol. The van der Waals surface area contributed by atoms with E-state index in [1.165, 1.54) is 0 Å². The molecule has 4 aromatic rings. The number of aromatic amines is 1. The summed E-state index contributed by atoms with van der Waals surface area (Å²) in [5.41, 5.74) is 5.06. The average molecular weight is 516 g/mol. The number of nitrogens with zero attached hydrogens (tertiary/aromatic N) is 2. The fourth-order valence-corrected chi connectivity index (χ4v) is 4.77. The molecule has 37 heavy (non-hydrogen) atoms. The van der Waals surface area contributed by atoms with E-state index in [0.29, 0.717) is 19.3 Å². The van der Waals surface area contributed by atoms with Gasteiger partial charge in [0.2, 0.25) is 11.8 Å². The molecular formula is C28H29N5O3S. The van der Waals surface area contributed by atoms with Crippen molar-refractivity contribution in [3.05, 3.63) is 78.2 Å². The first-order chi connectivity index (χ1) is 18.1. The number of carbonyl (C=O) groups excluding carboxylic acids is 2. The summed E-state index contributed by atoms with van der Waals surface area (Å²) in [6, 6.07) is 19.7. The Morgan fingerprint density at radius 2 is 1.70 bits per heavy atom. The SMILES string of the molecule is O=C(CCCCCCC(=O)Nc1ccccc1Sc1ccc2c(/C=C/c3ccccn3)n[nH]c2c1)NO. The zero-order chi connectivity index (χ0) is 25.9. The summed E-state index contributed by atoms with van der Waals surface area (Å²) < 4.78 is 0. The maximum Gasteiger partial charge on any atom is 0.243 e. The van der Waals surface area contributed by atoms with Gasteiger partial charge in [-0.15, -0.1) is 0 Å². The summed E-state index contributed by atoms with van der Waals surface area (Å²) in [6.07, 6.45) is 9.48. The number of aromatic nitrogens is 3. The van der Waals surface area contributed by atoms with Crippen LogP contribution < -0.4 is 10.8 Å². The van der Waals surface area contributed by atoms with Crippen molar-refractivity contribution in [1.29, 1.82) is 0 Å². The number of hydrogen-bond acceptors (Lipinski definition) is 6. The molecule has 0 aliphatic rings. The first-order valence-corrected chi connectivity index (χ1v) is 13.0. The van der Waals surface area contributed by atoms with Crippen LogP contribution in [0.2, 0.25) is 0 Å². The molecule has 9 heteroatoms. The average Bonchev–Trinajstić information content (AvgIpc) is 3.33. The van der Waals surface area contributed by atoms with E-state index in [9.17, 15) is 9.59 Å². The van der Waals surface area contributed by atoms with Crippen LogP contribution in [0.3, 0.4) is 0 Å². The third-order valence-corrected chi connectivity index (χ3v) is 6.80. The molecule has 8 nitrogen and oxygen atoms in total. The number of carbonyl (C=O) groups is 2. The van der Waals surface area contributed by atoms with Crippen molar-refractivity contribution in [2.75, 3.05) is 5.32 Å². The number of pyridine rings is 1. The molecule has 0 aliphatic heterocycles. The van der Waals surface area contributed by atoms with Gasteiger partial charge in [-0.3, -0.25) is 24.9 Å². The molecule has 0 bridgehead atoms. The van der Waals surface area contributed by atoms with Gasteiger partial charge in [0, 0.05) is 34.2 Å². The van der Waals surface area contributed by atoms with E-state index < -0.39 is 0 Å². The lowest BCUT2D eigenvalue weighted by Gasteiger charge is -2.11. The van der Waals surface area contributed by atoms with Crippen LogP contribution in [-0.4, -0.2) is 32.2 Å². The number of rotatable bonds is 12. The molecule has 2 aromatic heterocycles. The summed E-state index contributed by atoms with van der Waals surface area (Å²) in [4.78, 5) is 29.8. The Morgan fingerprint density at radius 3 is 2.49 bits per heavy atom. The minimum atomic E-state index is -0.378. The summed E-state index contributed by atoms with van der Waals surface area (Å²) in [7, 11) is 0. The van der Waals surface area contributed by atoms with Crippen molar-refractivity contribution < 1.29 is 14.8 Å². The predicted molar refractivity (Wildman–Crippen MR) is 146 cm³/mol. The van der Waals surface area contributed by atoms with Crippen molar-refractivity contribution in [3.63, 3.8) is 0 Å². The van der Waals surface area contributed by atoms with Crippen molar-refractivity contribution in [2.24, 2.45) is 0 Å². The number of anilines is 1. The van der Waals surface area contributed by atoms with Gasteiger partial charge in [0.15, 0.2) is 0 Å². The number of H-pyrrole nitrogens is 1.